The number of sulfonamides is 1. The van der Waals surface area contributed by atoms with Crippen molar-refractivity contribution in [2.24, 2.45) is 5.92 Å². The van der Waals surface area contributed by atoms with E-state index in [0.717, 1.165) is 19.3 Å². The monoisotopic (exact) mass is 430 g/mol. The van der Waals surface area contributed by atoms with Gasteiger partial charge in [-0.15, -0.1) is 0 Å². The average molecular weight is 431 g/mol. The molecule has 2 aromatic carbocycles. The van der Waals surface area contributed by atoms with E-state index in [0.29, 0.717) is 30.4 Å². The summed E-state index contributed by atoms with van der Waals surface area (Å²) >= 11 is 0. The molecule has 0 aromatic heterocycles. The molecule has 1 saturated heterocycles. The van der Waals surface area contributed by atoms with Crippen molar-refractivity contribution in [2.45, 2.75) is 51.0 Å². The molecule has 1 N–H and O–H groups in total. The summed E-state index contributed by atoms with van der Waals surface area (Å²) in [5.41, 5.74) is 1.73. The summed E-state index contributed by atoms with van der Waals surface area (Å²) in [6, 6.07) is 14.0. The van der Waals surface area contributed by atoms with Crippen LogP contribution in [0.4, 0.5) is 5.69 Å². The lowest BCUT2D eigenvalue weighted by atomic mass is 10.0. The van der Waals surface area contributed by atoms with Gasteiger partial charge < -0.3 is 10.1 Å². The van der Waals surface area contributed by atoms with Gasteiger partial charge in [0.2, 0.25) is 10.0 Å². The molecule has 0 saturated carbocycles. The van der Waals surface area contributed by atoms with Gasteiger partial charge in [0.05, 0.1) is 4.90 Å². The van der Waals surface area contributed by atoms with Crippen molar-refractivity contribution in [3.05, 3.63) is 54.1 Å². The van der Waals surface area contributed by atoms with Crippen LogP contribution in [0.5, 0.6) is 5.75 Å². The topological polar surface area (TPSA) is 75.7 Å². The SMILES string of the molecule is CCc1ccc(OC(C)C(=O)Nc2ccc(S(=O)(=O)N3CCC(C)CC3)cc2)cc1. The Bertz CT molecular complexity index is 948. The van der Waals surface area contributed by atoms with Gasteiger partial charge in [0.1, 0.15) is 5.75 Å². The molecule has 0 aliphatic carbocycles. The molecule has 0 bridgehead atoms. The first kappa shape index (κ1) is 22.3. The lowest BCUT2D eigenvalue weighted by molar-refractivity contribution is -0.122. The molecular formula is C23H30N2O4S. The Hall–Kier alpha value is -2.38. The second-order valence-corrected chi connectivity index (χ2v) is 9.80. The molecule has 1 heterocycles. The number of hydrogen-bond acceptors (Lipinski definition) is 4. The first-order valence-corrected chi connectivity index (χ1v) is 11.9. The number of nitrogens with one attached hydrogen (secondary N) is 1. The molecule has 1 fully saturated rings. The van der Waals surface area contributed by atoms with Gasteiger partial charge >= 0.3 is 0 Å². The van der Waals surface area contributed by atoms with Crippen molar-refractivity contribution >= 4 is 21.6 Å². The molecule has 162 valence electrons. The Labute approximate surface area is 179 Å². The lowest BCUT2D eigenvalue weighted by Gasteiger charge is -2.29. The quantitative estimate of drug-likeness (QED) is 0.718. The number of hydrogen-bond donors (Lipinski definition) is 1. The zero-order valence-corrected chi connectivity index (χ0v) is 18.6. The fraction of sp³-hybridized carbons (Fsp3) is 0.435. The predicted molar refractivity (Wildman–Crippen MR) is 118 cm³/mol. The highest BCUT2D eigenvalue weighted by molar-refractivity contribution is 7.89. The van der Waals surface area contributed by atoms with Crippen LogP contribution < -0.4 is 10.1 Å². The molecule has 1 atom stereocenters. The number of aryl methyl sites for hydroxylation is 1. The van der Waals surface area contributed by atoms with E-state index in [1.165, 1.54) is 17.7 Å². The number of carbonyl (C=O) groups is 1. The van der Waals surface area contributed by atoms with Crippen LogP contribution >= 0.6 is 0 Å². The van der Waals surface area contributed by atoms with Crippen molar-refractivity contribution in [3.63, 3.8) is 0 Å². The van der Waals surface area contributed by atoms with Gasteiger partial charge in [0.15, 0.2) is 6.10 Å². The van der Waals surface area contributed by atoms with E-state index in [4.69, 9.17) is 4.74 Å². The summed E-state index contributed by atoms with van der Waals surface area (Å²) in [6.07, 6.45) is 2.02. The molecule has 6 nitrogen and oxygen atoms in total. The Kier molecular flexibility index (Phi) is 7.15. The number of amides is 1. The van der Waals surface area contributed by atoms with E-state index in [1.807, 2.05) is 24.3 Å². The van der Waals surface area contributed by atoms with Crippen LogP contribution in [0.2, 0.25) is 0 Å². The maximum Gasteiger partial charge on any atom is 0.265 e. The Morgan fingerprint density at radius 2 is 1.70 bits per heavy atom. The number of piperidine rings is 1. The molecule has 1 aliphatic heterocycles. The molecule has 1 aliphatic rings. The minimum atomic E-state index is -3.50. The number of ether oxygens (including phenoxy) is 1. The highest BCUT2D eigenvalue weighted by atomic mass is 32.2. The standard InChI is InChI=1S/C23H30N2O4S/c1-4-19-5-9-21(10-6-19)29-18(3)23(26)24-20-7-11-22(12-8-20)30(27,28)25-15-13-17(2)14-16-25/h5-12,17-18H,4,13-16H2,1-3H3,(H,24,26). The molecule has 30 heavy (non-hydrogen) atoms. The zero-order valence-electron chi connectivity index (χ0n) is 17.8. The van der Waals surface area contributed by atoms with Gasteiger partial charge in [-0.25, -0.2) is 8.42 Å². The largest absolute Gasteiger partial charge is 0.481 e. The first-order valence-electron chi connectivity index (χ1n) is 10.5. The predicted octanol–water partition coefficient (Wildman–Crippen LogP) is 4.08. The Balaban J connectivity index is 1.59. The summed E-state index contributed by atoms with van der Waals surface area (Å²) in [7, 11) is -3.50. The molecule has 3 rings (SSSR count). The molecular weight excluding hydrogens is 400 g/mol. The van der Waals surface area contributed by atoms with E-state index >= 15 is 0 Å². The molecule has 1 unspecified atom stereocenters. The van der Waals surface area contributed by atoms with E-state index in [-0.39, 0.29) is 10.8 Å². The van der Waals surface area contributed by atoms with Crippen molar-refractivity contribution in [3.8, 4) is 5.75 Å². The maximum absolute atomic E-state index is 12.8. The smallest absolute Gasteiger partial charge is 0.265 e. The van der Waals surface area contributed by atoms with Crippen molar-refractivity contribution < 1.29 is 17.9 Å². The van der Waals surface area contributed by atoms with Crippen LogP contribution in [-0.4, -0.2) is 37.8 Å². The van der Waals surface area contributed by atoms with Crippen LogP contribution in [0.15, 0.2) is 53.4 Å². The summed E-state index contributed by atoms with van der Waals surface area (Å²) in [4.78, 5) is 12.7. The van der Waals surface area contributed by atoms with E-state index in [1.54, 1.807) is 23.4 Å². The molecule has 1 amide bonds. The lowest BCUT2D eigenvalue weighted by Crippen LogP contribution is -2.37. The van der Waals surface area contributed by atoms with Gasteiger partial charge in [-0.1, -0.05) is 26.0 Å². The minimum absolute atomic E-state index is 0.246. The summed E-state index contributed by atoms with van der Waals surface area (Å²) in [5, 5.41) is 2.78. The van der Waals surface area contributed by atoms with Crippen LogP contribution in [0.3, 0.4) is 0 Å². The normalized spacial score (nSPS) is 16.8. The molecule has 0 radical (unpaired) electrons. The number of rotatable bonds is 7. The van der Waals surface area contributed by atoms with Crippen LogP contribution in [0.1, 0.15) is 39.2 Å². The van der Waals surface area contributed by atoms with Crippen LogP contribution in [0, 0.1) is 5.92 Å². The molecule has 7 heteroatoms. The summed E-state index contributed by atoms with van der Waals surface area (Å²) < 4.78 is 32.8. The van der Waals surface area contributed by atoms with Crippen molar-refractivity contribution in [2.75, 3.05) is 18.4 Å². The second kappa shape index (κ2) is 9.62. The van der Waals surface area contributed by atoms with Crippen molar-refractivity contribution in [1.29, 1.82) is 0 Å². The van der Waals surface area contributed by atoms with Gasteiger partial charge in [-0.3, -0.25) is 4.79 Å². The van der Waals surface area contributed by atoms with E-state index in [2.05, 4.69) is 19.2 Å². The highest BCUT2D eigenvalue weighted by Crippen LogP contribution is 2.24. The third kappa shape index (κ3) is 5.40. The van der Waals surface area contributed by atoms with Gasteiger partial charge in [-0.05, 0) is 74.1 Å². The number of benzene rings is 2. The highest BCUT2D eigenvalue weighted by Gasteiger charge is 2.28. The van der Waals surface area contributed by atoms with Gasteiger partial charge in [-0.2, -0.15) is 4.31 Å². The molecule has 0 spiro atoms. The summed E-state index contributed by atoms with van der Waals surface area (Å²) in [6.45, 7) is 7.01. The second-order valence-electron chi connectivity index (χ2n) is 7.86. The van der Waals surface area contributed by atoms with Gasteiger partial charge in [0, 0.05) is 18.8 Å². The van der Waals surface area contributed by atoms with Gasteiger partial charge in [0.25, 0.3) is 5.91 Å². The van der Waals surface area contributed by atoms with Crippen molar-refractivity contribution in [1.82, 2.24) is 4.31 Å². The summed E-state index contributed by atoms with van der Waals surface area (Å²) in [5.74, 6) is 0.894. The van der Waals surface area contributed by atoms with Crippen LogP contribution in [-0.2, 0) is 21.2 Å². The van der Waals surface area contributed by atoms with E-state index < -0.39 is 16.1 Å². The molecule has 2 aromatic rings. The fourth-order valence-electron chi connectivity index (χ4n) is 3.39. The van der Waals surface area contributed by atoms with E-state index in [9.17, 15) is 13.2 Å². The average Bonchev–Trinajstić information content (AvgIpc) is 2.75. The Morgan fingerprint density at radius 3 is 2.27 bits per heavy atom. The van der Waals surface area contributed by atoms with Crippen LogP contribution in [0.25, 0.3) is 0 Å². The minimum Gasteiger partial charge on any atom is -0.481 e. The third-order valence-electron chi connectivity index (χ3n) is 5.52. The Morgan fingerprint density at radius 1 is 1.10 bits per heavy atom. The first-order chi connectivity index (χ1) is 14.3. The third-order valence-corrected chi connectivity index (χ3v) is 7.43. The zero-order chi connectivity index (χ0) is 21.7. The number of nitrogens with zero attached hydrogens (tertiary/aromatic N) is 1. The number of carbonyl (C=O) groups excluding carboxylic acids is 1. The fourth-order valence-corrected chi connectivity index (χ4v) is 4.86. The number of anilines is 1. The maximum atomic E-state index is 12.8.